The van der Waals surface area contributed by atoms with Gasteiger partial charge in [-0.05, 0) is 17.7 Å². The molecule has 0 radical (unpaired) electrons. The molecule has 0 bridgehead atoms. The van der Waals surface area contributed by atoms with Crippen LogP contribution in [0.15, 0.2) is 24.3 Å². The van der Waals surface area contributed by atoms with Crippen molar-refractivity contribution < 1.29 is 23.0 Å². The van der Waals surface area contributed by atoms with E-state index in [1.807, 2.05) is 17.0 Å². The molecule has 4 nitrogen and oxygen atoms in total. The van der Waals surface area contributed by atoms with Gasteiger partial charge in [-0.2, -0.15) is 13.2 Å². The second kappa shape index (κ2) is 9.83. The molecule has 0 fully saturated rings. The van der Waals surface area contributed by atoms with Crippen molar-refractivity contribution in [1.82, 2.24) is 4.90 Å². The number of halogens is 4. The standard InChI is InChI=1S/C13H19F3N2O2.ClH/c14-13(15,16)10-20-7-5-18(4-6-19)9-11-2-1-3-12(17)8-11;/h1-3,8,19H,4-7,9-10,17H2;1H. The number of nitrogens with zero attached hydrogens (tertiary/aromatic N) is 1. The monoisotopic (exact) mass is 328 g/mol. The Morgan fingerprint density at radius 3 is 2.52 bits per heavy atom. The Labute approximate surface area is 128 Å². The quantitative estimate of drug-likeness (QED) is 0.566. The zero-order valence-electron chi connectivity index (χ0n) is 11.5. The van der Waals surface area contributed by atoms with E-state index in [-0.39, 0.29) is 25.6 Å². The van der Waals surface area contributed by atoms with Crippen LogP contribution in [-0.2, 0) is 11.3 Å². The lowest BCUT2D eigenvalue weighted by Crippen LogP contribution is -2.31. The summed E-state index contributed by atoms with van der Waals surface area (Å²) < 4.78 is 40.3. The van der Waals surface area contributed by atoms with Gasteiger partial charge in [0.25, 0.3) is 0 Å². The van der Waals surface area contributed by atoms with Crippen molar-refractivity contribution in [3.05, 3.63) is 29.8 Å². The molecule has 0 aromatic heterocycles. The van der Waals surface area contributed by atoms with E-state index in [9.17, 15) is 13.2 Å². The highest BCUT2D eigenvalue weighted by atomic mass is 35.5. The summed E-state index contributed by atoms with van der Waals surface area (Å²) in [5.74, 6) is 0. The Morgan fingerprint density at radius 2 is 1.95 bits per heavy atom. The van der Waals surface area contributed by atoms with Gasteiger partial charge in [-0.25, -0.2) is 0 Å². The van der Waals surface area contributed by atoms with E-state index in [2.05, 4.69) is 4.74 Å². The molecule has 0 aliphatic heterocycles. The van der Waals surface area contributed by atoms with E-state index in [0.29, 0.717) is 25.3 Å². The number of hydrogen-bond acceptors (Lipinski definition) is 4. The van der Waals surface area contributed by atoms with Gasteiger partial charge in [0.05, 0.1) is 13.2 Å². The number of alkyl halides is 3. The summed E-state index contributed by atoms with van der Waals surface area (Å²) in [4.78, 5) is 1.81. The van der Waals surface area contributed by atoms with Crippen LogP contribution >= 0.6 is 12.4 Å². The number of rotatable bonds is 8. The molecule has 0 aliphatic carbocycles. The van der Waals surface area contributed by atoms with Gasteiger partial charge in [-0.1, -0.05) is 12.1 Å². The first kappa shape index (κ1) is 20.0. The van der Waals surface area contributed by atoms with Gasteiger partial charge < -0.3 is 15.6 Å². The molecule has 8 heteroatoms. The number of benzene rings is 1. The Kier molecular flexibility index (Phi) is 9.36. The highest BCUT2D eigenvalue weighted by molar-refractivity contribution is 5.85. The average molecular weight is 329 g/mol. The van der Waals surface area contributed by atoms with Crippen LogP contribution in [0, 0.1) is 0 Å². The van der Waals surface area contributed by atoms with Gasteiger partial charge in [0.2, 0.25) is 0 Å². The third kappa shape index (κ3) is 9.52. The summed E-state index contributed by atoms with van der Waals surface area (Å²) in [6, 6.07) is 7.23. The van der Waals surface area contributed by atoms with Crippen LogP contribution in [0.3, 0.4) is 0 Å². The Balaban J connectivity index is 0.00000400. The minimum Gasteiger partial charge on any atom is -0.399 e. The number of anilines is 1. The van der Waals surface area contributed by atoms with Crippen LogP contribution in [0.5, 0.6) is 0 Å². The van der Waals surface area contributed by atoms with E-state index in [0.717, 1.165) is 5.56 Å². The minimum atomic E-state index is -4.31. The van der Waals surface area contributed by atoms with Crippen LogP contribution in [-0.4, -0.2) is 49.1 Å². The lowest BCUT2D eigenvalue weighted by atomic mass is 10.2. The lowest BCUT2D eigenvalue weighted by molar-refractivity contribution is -0.174. The molecule has 0 unspecified atom stereocenters. The Hall–Kier alpha value is -1.02. The van der Waals surface area contributed by atoms with Crippen molar-refractivity contribution in [3.63, 3.8) is 0 Å². The zero-order chi connectivity index (χ0) is 15.0. The number of nitrogen functional groups attached to an aromatic ring is 1. The second-order valence-electron chi connectivity index (χ2n) is 4.41. The third-order valence-corrected chi connectivity index (χ3v) is 2.59. The van der Waals surface area contributed by atoms with Crippen molar-refractivity contribution in [3.8, 4) is 0 Å². The summed E-state index contributed by atoms with van der Waals surface area (Å²) in [5, 5.41) is 8.97. The van der Waals surface area contributed by atoms with Gasteiger partial charge in [0, 0.05) is 25.3 Å². The van der Waals surface area contributed by atoms with Gasteiger partial charge in [0.15, 0.2) is 0 Å². The smallest absolute Gasteiger partial charge is 0.399 e. The predicted octanol–water partition coefficient (Wildman–Crippen LogP) is 2.06. The van der Waals surface area contributed by atoms with Crippen LogP contribution in [0.1, 0.15) is 5.56 Å². The summed E-state index contributed by atoms with van der Waals surface area (Å²) in [6.07, 6.45) is -4.31. The van der Waals surface area contributed by atoms with Crippen LogP contribution < -0.4 is 5.73 Å². The van der Waals surface area contributed by atoms with Crippen molar-refractivity contribution in [2.45, 2.75) is 12.7 Å². The van der Waals surface area contributed by atoms with Crippen LogP contribution in [0.25, 0.3) is 0 Å². The van der Waals surface area contributed by atoms with Gasteiger partial charge in [-0.3, -0.25) is 4.90 Å². The summed E-state index contributed by atoms with van der Waals surface area (Å²) in [7, 11) is 0. The van der Waals surface area contributed by atoms with Gasteiger partial charge in [-0.15, -0.1) is 12.4 Å². The summed E-state index contributed by atoms with van der Waals surface area (Å²) in [6.45, 7) is -0.182. The van der Waals surface area contributed by atoms with Crippen molar-refractivity contribution in [2.75, 3.05) is 38.6 Å². The van der Waals surface area contributed by atoms with Gasteiger partial charge in [0.1, 0.15) is 6.61 Å². The largest absolute Gasteiger partial charge is 0.411 e. The fourth-order valence-corrected chi connectivity index (χ4v) is 1.74. The van der Waals surface area contributed by atoms with Crippen molar-refractivity contribution in [2.24, 2.45) is 0 Å². The van der Waals surface area contributed by atoms with Crippen molar-refractivity contribution in [1.29, 1.82) is 0 Å². The van der Waals surface area contributed by atoms with E-state index >= 15 is 0 Å². The molecule has 0 saturated carbocycles. The first-order valence-electron chi connectivity index (χ1n) is 6.23. The maximum Gasteiger partial charge on any atom is 0.411 e. The maximum atomic E-state index is 11.9. The molecule has 0 saturated heterocycles. The zero-order valence-corrected chi connectivity index (χ0v) is 12.3. The first-order chi connectivity index (χ1) is 9.40. The molecule has 0 amide bonds. The topological polar surface area (TPSA) is 58.7 Å². The lowest BCUT2D eigenvalue weighted by Gasteiger charge is -2.21. The van der Waals surface area contributed by atoms with Crippen molar-refractivity contribution >= 4 is 18.1 Å². The molecular formula is C13H20ClF3N2O2. The molecule has 1 aromatic rings. The average Bonchev–Trinajstić information content (AvgIpc) is 2.33. The molecule has 1 aromatic carbocycles. The highest BCUT2D eigenvalue weighted by Gasteiger charge is 2.27. The second-order valence-corrected chi connectivity index (χ2v) is 4.41. The SMILES string of the molecule is Cl.Nc1cccc(CN(CCO)CCOCC(F)(F)F)c1. The van der Waals surface area contributed by atoms with E-state index in [1.54, 1.807) is 12.1 Å². The fraction of sp³-hybridized carbons (Fsp3) is 0.538. The molecule has 0 aliphatic rings. The number of nitrogens with two attached hydrogens (primary N) is 1. The Bertz CT molecular complexity index is 405. The van der Waals surface area contributed by atoms with Gasteiger partial charge >= 0.3 is 6.18 Å². The van der Waals surface area contributed by atoms with Crippen LogP contribution in [0.2, 0.25) is 0 Å². The molecule has 122 valence electrons. The minimum absolute atomic E-state index is 0. The number of hydrogen-bond donors (Lipinski definition) is 2. The third-order valence-electron chi connectivity index (χ3n) is 2.59. The molecule has 3 N–H and O–H groups in total. The summed E-state index contributed by atoms with van der Waals surface area (Å²) in [5.41, 5.74) is 7.22. The summed E-state index contributed by atoms with van der Waals surface area (Å²) >= 11 is 0. The van der Waals surface area contributed by atoms with E-state index in [1.165, 1.54) is 0 Å². The normalized spacial score (nSPS) is 11.5. The maximum absolute atomic E-state index is 11.9. The number of aliphatic hydroxyl groups excluding tert-OH is 1. The molecule has 0 spiro atoms. The van der Waals surface area contributed by atoms with Crippen LogP contribution in [0.4, 0.5) is 18.9 Å². The first-order valence-corrected chi connectivity index (χ1v) is 6.23. The molecule has 21 heavy (non-hydrogen) atoms. The molecule has 0 atom stereocenters. The number of ether oxygens (including phenoxy) is 1. The molecule has 0 heterocycles. The van der Waals surface area contributed by atoms with E-state index < -0.39 is 12.8 Å². The molecular weight excluding hydrogens is 309 g/mol. The highest BCUT2D eigenvalue weighted by Crippen LogP contribution is 2.14. The number of aliphatic hydroxyl groups is 1. The van der Waals surface area contributed by atoms with E-state index in [4.69, 9.17) is 10.8 Å². The molecule has 1 rings (SSSR count). The predicted molar refractivity (Wildman–Crippen MR) is 77.3 cm³/mol. The fourth-order valence-electron chi connectivity index (χ4n) is 1.74. The Morgan fingerprint density at radius 1 is 1.24 bits per heavy atom.